The van der Waals surface area contributed by atoms with Crippen LogP contribution in [0.4, 0.5) is 10.2 Å². The van der Waals surface area contributed by atoms with Gasteiger partial charge in [0.25, 0.3) is 5.56 Å². The summed E-state index contributed by atoms with van der Waals surface area (Å²) in [6.07, 6.45) is -5.52. The summed E-state index contributed by atoms with van der Waals surface area (Å²) in [5.41, 5.74) is 6.00. The van der Waals surface area contributed by atoms with E-state index in [0.29, 0.717) is 0 Å². The maximum Gasteiger partial charge on any atom is 0.386 e. The minimum absolute atomic E-state index is 0.0415. The Morgan fingerprint density at radius 3 is 2.57 bits per heavy atom. The van der Waals surface area contributed by atoms with E-state index in [9.17, 15) is 19.4 Å². The van der Waals surface area contributed by atoms with Crippen molar-refractivity contribution in [3.63, 3.8) is 0 Å². The van der Waals surface area contributed by atoms with Crippen molar-refractivity contribution in [2.75, 3.05) is 12.3 Å². The van der Waals surface area contributed by atoms with Gasteiger partial charge in [-0.25, -0.2) is 33.9 Å². The van der Waals surface area contributed by atoms with Gasteiger partial charge in [-0.1, -0.05) is 12.2 Å². The van der Waals surface area contributed by atoms with Crippen LogP contribution in [0.2, 0.25) is 0 Å². The van der Waals surface area contributed by atoms with Gasteiger partial charge in [0.2, 0.25) is 0 Å². The number of thiol groups is 1. The van der Waals surface area contributed by atoms with Crippen LogP contribution in [0.3, 0.4) is 0 Å². The SMILES string of the molecule is Cn1cnc2c(ncn2[C@@H]2C[C@@H]3OP(O)(=S)O[C@H]4[C@@H](F)[C@H](n5cnc6c(N)ncnc65)O[C@@H]4COP(=O)(S)O[C@@H]2[C@H]3O)c1=O. The molecule has 4 N–H and O–H groups in total. The average Bonchev–Trinajstić information content (AvgIpc) is 3.72. The van der Waals surface area contributed by atoms with E-state index in [1.807, 2.05) is 0 Å². The van der Waals surface area contributed by atoms with E-state index in [1.54, 1.807) is 0 Å². The molecule has 18 nitrogen and oxygen atoms in total. The van der Waals surface area contributed by atoms with Gasteiger partial charge in [0, 0.05) is 13.5 Å². The van der Waals surface area contributed by atoms with E-state index in [4.69, 9.17) is 40.4 Å². The lowest BCUT2D eigenvalue weighted by Gasteiger charge is -2.30. The number of hydrogen-bond donors (Lipinski definition) is 4. The van der Waals surface area contributed by atoms with Crippen molar-refractivity contribution in [2.24, 2.45) is 7.05 Å². The van der Waals surface area contributed by atoms with Crippen LogP contribution in [0.25, 0.3) is 22.3 Å². The third-order valence-electron chi connectivity index (χ3n) is 7.68. The predicted octanol–water partition coefficient (Wildman–Crippen LogP) is 0.534. The molecule has 2 aliphatic heterocycles. The Labute approximate surface area is 256 Å². The first-order chi connectivity index (χ1) is 20.8. The first-order valence-corrected chi connectivity index (χ1v) is 18.3. The number of nitrogen functional groups attached to an aromatic ring is 1. The molecule has 3 aliphatic rings. The molecule has 0 spiro atoms. The smallest absolute Gasteiger partial charge is 0.386 e. The zero-order valence-corrected chi connectivity index (χ0v) is 25.9. The summed E-state index contributed by atoms with van der Waals surface area (Å²) < 4.78 is 62.0. The third kappa shape index (κ3) is 5.09. The summed E-state index contributed by atoms with van der Waals surface area (Å²) in [6.45, 7) is -9.19. The van der Waals surface area contributed by atoms with Crippen LogP contribution in [0, 0.1) is 0 Å². The first-order valence-electron chi connectivity index (χ1n) is 13.0. The van der Waals surface area contributed by atoms with Gasteiger partial charge in [-0.15, -0.1) is 0 Å². The Morgan fingerprint density at radius 1 is 1.05 bits per heavy atom. The second kappa shape index (κ2) is 10.8. The number of halogens is 1. The monoisotopic (exact) mass is 691 g/mol. The molecule has 2 unspecified atom stereocenters. The zero-order valence-electron chi connectivity index (χ0n) is 22.4. The Balaban J connectivity index is 1.22. The van der Waals surface area contributed by atoms with Gasteiger partial charge in [0.05, 0.1) is 37.7 Å². The molecule has 0 aromatic carbocycles. The number of fused-ring (bicyclic) bond motifs is 5. The van der Waals surface area contributed by atoms with Crippen molar-refractivity contribution in [1.29, 1.82) is 0 Å². The van der Waals surface area contributed by atoms with Crippen molar-refractivity contribution < 1.29 is 41.8 Å². The Kier molecular flexibility index (Phi) is 7.45. The molecule has 0 amide bonds. The number of aromatic nitrogens is 8. The maximum atomic E-state index is 16.1. The van der Waals surface area contributed by atoms with E-state index in [2.05, 4.69) is 37.2 Å². The van der Waals surface area contributed by atoms with Gasteiger partial charge in [-0.2, -0.15) is 0 Å². The van der Waals surface area contributed by atoms with Gasteiger partial charge in [-0.05, 0) is 11.8 Å². The highest BCUT2D eigenvalue weighted by molar-refractivity contribution is 8.44. The van der Waals surface area contributed by atoms with Crippen LogP contribution < -0.4 is 11.3 Å². The Bertz CT molecular complexity index is 1930. The molecule has 4 aromatic rings. The van der Waals surface area contributed by atoms with Gasteiger partial charge in [0.1, 0.15) is 36.3 Å². The quantitative estimate of drug-likeness (QED) is 0.166. The van der Waals surface area contributed by atoms with Crippen molar-refractivity contribution >= 4 is 65.7 Å². The summed E-state index contributed by atoms with van der Waals surface area (Å²) in [6, 6.07) is -0.891. The molecule has 236 valence electrons. The lowest BCUT2D eigenvalue weighted by atomic mass is 10.1. The normalized spacial score (nSPS) is 38.0. The fourth-order valence-corrected chi connectivity index (χ4v) is 8.92. The average molecular weight is 692 g/mol. The van der Waals surface area contributed by atoms with Crippen LogP contribution in [0.1, 0.15) is 18.7 Å². The second-order valence-electron chi connectivity index (χ2n) is 10.4. The fourth-order valence-electron chi connectivity index (χ4n) is 5.63. The van der Waals surface area contributed by atoms with Gasteiger partial charge in [0.15, 0.2) is 35.0 Å². The standard InChI is InChI=1S/C21H24FN9O9P2S2/c1-29-5-28-19-13(20(29)33)27-6-30(19)8-2-9-14(32)15(8)39-41(34,43)36-3-10-16(40-42(35,44)38-9)11(22)21(37-10)31-7-26-12-17(23)24-4-25-18(12)31/h4-11,14-16,21,32H,2-3H2,1H3,(H,34,43)(H,35,44)(H2,23,24,25)/t8-,9+,10-,11-,14+,15+,16-,21-,41?,42?/m1/s1. The summed E-state index contributed by atoms with van der Waals surface area (Å²) in [7, 11) is 1.51. The molecular weight excluding hydrogens is 667 g/mol. The highest BCUT2D eigenvalue weighted by atomic mass is 32.7. The molecule has 10 atom stereocenters. The topological polar surface area (TPSA) is 226 Å². The minimum atomic E-state index is -4.30. The third-order valence-corrected chi connectivity index (χ3v) is 10.9. The number of aryl methyl sites for hydroxylation is 1. The van der Waals surface area contributed by atoms with Crippen LogP contribution in [-0.2, 0) is 46.3 Å². The number of aliphatic hydroxyl groups excluding tert-OH is 1. The van der Waals surface area contributed by atoms with Crippen LogP contribution in [0.5, 0.6) is 0 Å². The fraction of sp³-hybridized carbons (Fsp3) is 0.524. The number of imidazole rings is 2. The van der Waals surface area contributed by atoms with E-state index in [0.717, 1.165) is 0 Å². The second-order valence-corrected chi connectivity index (χ2v) is 16.0. The number of rotatable bonds is 2. The molecule has 2 saturated heterocycles. The summed E-state index contributed by atoms with van der Waals surface area (Å²) in [4.78, 5) is 44.2. The largest absolute Gasteiger partial charge is 0.388 e. The predicted molar refractivity (Wildman–Crippen MR) is 155 cm³/mol. The van der Waals surface area contributed by atoms with Crippen molar-refractivity contribution in [3.8, 4) is 0 Å². The maximum absolute atomic E-state index is 16.1. The summed E-state index contributed by atoms with van der Waals surface area (Å²) in [5, 5.41) is 11.2. The van der Waals surface area contributed by atoms with E-state index in [-0.39, 0.29) is 34.6 Å². The minimum Gasteiger partial charge on any atom is -0.388 e. The highest BCUT2D eigenvalue weighted by Gasteiger charge is 2.54. The number of ether oxygens (including phenoxy) is 1. The van der Waals surface area contributed by atoms with Crippen LogP contribution in [-0.4, -0.2) is 91.9 Å². The van der Waals surface area contributed by atoms with Crippen molar-refractivity contribution in [2.45, 2.75) is 55.4 Å². The van der Waals surface area contributed by atoms with Gasteiger partial charge < -0.3 is 34.1 Å². The summed E-state index contributed by atoms with van der Waals surface area (Å²) in [5.74, 6) is 0.0644. The number of anilines is 1. The lowest BCUT2D eigenvalue weighted by molar-refractivity contribution is -0.0539. The Morgan fingerprint density at radius 2 is 1.77 bits per heavy atom. The van der Waals surface area contributed by atoms with Crippen molar-refractivity contribution in [3.05, 3.63) is 35.7 Å². The molecule has 2 bridgehead atoms. The Hall–Kier alpha value is -2.42. The lowest BCUT2D eigenvalue weighted by Crippen LogP contribution is -2.37. The molecule has 1 aliphatic carbocycles. The molecular formula is C21H24FN9O9P2S2. The number of nitrogens with two attached hydrogens (primary N) is 1. The number of alkyl halides is 1. The molecule has 1 saturated carbocycles. The van der Waals surface area contributed by atoms with E-state index >= 15 is 4.39 Å². The molecule has 6 heterocycles. The molecule has 3 fully saturated rings. The first kappa shape index (κ1) is 30.2. The molecule has 23 heteroatoms. The molecule has 44 heavy (non-hydrogen) atoms. The van der Waals surface area contributed by atoms with Crippen molar-refractivity contribution in [1.82, 2.24) is 38.6 Å². The molecule has 7 rings (SSSR count). The van der Waals surface area contributed by atoms with Gasteiger partial charge >= 0.3 is 13.5 Å². The number of aliphatic hydroxyl groups is 1. The molecule has 4 aromatic heterocycles. The number of hydrogen-bond acceptors (Lipinski definition) is 15. The highest BCUT2D eigenvalue weighted by Crippen LogP contribution is 2.60. The zero-order chi connectivity index (χ0) is 31.1. The molecule has 0 radical (unpaired) electrons. The van der Waals surface area contributed by atoms with Crippen LogP contribution in [0.15, 0.2) is 30.1 Å². The van der Waals surface area contributed by atoms with E-state index in [1.165, 1.54) is 46.1 Å². The van der Waals surface area contributed by atoms with Crippen LogP contribution >= 0.6 is 25.8 Å². The number of nitrogens with zero attached hydrogens (tertiary/aromatic N) is 8. The summed E-state index contributed by atoms with van der Waals surface area (Å²) >= 11 is 9.33. The van der Waals surface area contributed by atoms with E-state index < -0.39 is 74.6 Å². The van der Waals surface area contributed by atoms with Gasteiger partial charge in [-0.3, -0.25) is 22.9 Å².